The summed E-state index contributed by atoms with van der Waals surface area (Å²) in [5, 5.41) is 0. The van der Waals surface area contributed by atoms with Crippen LogP contribution in [0.4, 0.5) is 0 Å². The van der Waals surface area contributed by atoms with Gasteiger partial charge in [0, 0.05) is 6.04 Å². The Morgan fingerprint density at radius 2 is 1.65 bits per heavy atom. The molecule has 1 fully saturated rings. The normalized spacial score (nSPS) is 25.2. The average Bonchev–Trinajstić information content (AvgIpc) is 2.83. The Balaban J connectivity index is 1.83. The van der Waals surface area contributed by atoms with Gasteiger partial charge in [0.1, 0.15) is 0 Å². The summed E-state index contributed by atoms with van der Waals surface area (Å²) in [7, 11) is 0. The van der Waals surface area contributed by atoms with Gasteiger partial charge in [-0.25, -0.2) is 0 Å². The summed E-state index contributed by atoms with van der Waals surface area (Å²) in [5.74, 6) is 0. The van der Waals surface area contributed by atoms with Crippen LogP contribution in [-0.4, -0.2) is 11.4 Å². The van der Waals surface area contributed by atoms with Crippen LogP contribution in [-0.2, 0) is 0 Å². The van der Waals surface area contributed by atoms with Crippen molar-refractivity contribution in [1.29, 1.82) is 0 Å². The third-order valence-corrected chi connectivity index (χ3v) is 4.92. The Bertz CT molecular complexity index is 614. The molecule has 0 aromatic heterocycles. The molecule has 0 amide bonds. The van der Waals surface area contributed by atoms with E-state index in [1.165, 1.54) is 42.5 Å². The molecule has 2 aromatic rings. The smallest absolute Gasteiger partial charge is 0.0610 e. The number of benzene rings is 2. The van der Waals surface area contributed by atoms with E-state index in [2.05, 4.69) is 60.4 Å². The molecule has 2 heterocycles. The Morgan fingerprint density at radius 3 is 2.45 bits per heavy atom. The zero-order chi connectivity index (χ0) is 13.5. The molecule has 2 aliphatic heterocycles. The van der Waals surface area contributed by atoms with Gasteiger partial charge in [-0.15, -0.1) is 0 Å². The molecular weight excluding hydrogens is 242 g/mol. The summed E-state index contributed by atoms with van der Waals surface area (Å²) in [4.78, 5) is 2.72. The number of hydrogen-bond donors (Lipinski definition) is 0. The molecule has 0 N–H and O–H groups in total. The van der Waals surface area contributed by atoms with Crippen molar-refractivity contribution in [3.8, 4) is 0 Å². The van der Waals surface area contributed by atoms with E-state index in [1.807, 2.05) is 0 Å². The number of fused-ring (bicyclic) bond motifs is 3. The van der Waals surface area contributed by atoms with E-state index in [0.717, 1.165) is 0 Å². The molecule has 20 heavy (non-hydrogen) atoms. The second-order valence-corrected chi connectivity index (χ2v) is 6.19. The second-order valence-electron chi connectivity index (χ2n) is 6.19. The van der Waals surface area contributed by atoms with Crippen LogP contribution in [0.3, 0.4) is 0 Å². The monoisotopic (exact) mass is 263 g/mol. The third kappa shape index (κ3) is 1.81. The van der Waals surface area contributed by atoms with Crippen LogP contribution in [0.1, 0.15) is 53.6 Å². The van der Waals surface area contributed by atoms with Crippen LogP contribution >= 0.6 is 0 Å². The zero-order valence-corrected chi connectivity index (χ0v) is 12.0. The molecular formula is C19H21N. The van der Waals surface area contributed by atoms with Crippen molar-refractivity contribution in [2.45, 2.75) is 38.3 Å². The molecule has 2 aliphatic rings. The Kier molecular flexibility index (Phi) is 2.89. The van der Waals surface area contributed by atoms with Crippen molar-refractivity contribution in [2.75, 3.05) is 6.54 Å². The molecule has 0 spiro atoms. The summed E-state index contributed by atoms with van der Waals surface area (Å²) in [6, 6.07) is 19.3. The average molecular weight is 263 g/mol. The number of piperidine rings is 1. The third-order valence-electron chi connectivity index (χ3n) is 4.92. The number of rotatable bonds is 1. The highest BCUT2D eigenvalue weighted by Crippen LogP contribution is 2.49. The Morgan fingerprint density at radius 1 is 0.900 bits per heavy atom. The highest BCUT2D eigenvalue weighted by molar-refractivity contribution is 5.44. The van der Waals surface area contributed by atoms with E-state index in [0.29, 0.717) is 12.1 Å². The topological polar surface area (TPSA) is 3.24 Å². The first-order chi connectivity index (χ1) is 9.84. The summed E-state index contributed by atoms with van der Waals surface area (Å²) < 4.78 is 0. The van der Waals surface area contributed by atoms with Crippen molar-refractivity contribution in [3.63, 3.8) is 0 Å². The first kappa shape index (κ1) is 12.2. The minimum atomic E-state index is 0.470. The maximum Gasteiger partial charge on any atom is 0.0610 e. The van der Waals surface area contributed by atoms with E-state index < -0.39 is 0 Å². The second kappa shape index (κ2) is 4.75. The fourth-order valence-corrected chi connectivity index (χ4v) is 3.96. The van der Waals surface area contributed by atoms with Crippen molar-refractivity contribution in [1.82, 2.24) is 4.90 Å². The van der Waals surface area contributed by atoms with Gasteiger partial charge in [0.15, 0.2) is 0 Å². The highest BCUT2D eigenvalue weighted by Gasteiger charge is 2.39. The summed E-state index contributed by atoms with van der Waals surface area (Å²) in [6.07, 6.45) is 4.03. The van der Waals surface area contributed by atoms with Gasteiger partial charge in [-0.1, -0.05) is 60.5 Å². The lowest BCUT2D eigenvalue weighted by molar-refractivity contribution is 0.139. The first-order valence-corrected chi connectivity index (χ1v) is 7.76. The van der Waals surface area contributed by atoms with Gasteiger partial charge >= 0.3 is 0 Å². The van der Waals surface area contributed by atoms with Gasteiger partial charge in [0.05, 0.1) is 6.04 Å². The summed E-state index contributed by atoms with van der Waals surface area (Å²) in [6.45, 7) is 3.40. The van der Waals surface area contributed by atoms with Gasteiger partial charge in [0.2, 0.25) is 0 Å². The minimum Gasteiger partial charge on any atom is -0.285 e. The lowest BCUT2D eigenvalue weighted by atomic mass is 9.96. The highest BCUT2D eigenvalue weighted by atomic mass is 15.2. The summed E-state index contributed by atoms with van der Waals surface area (Å²) >= 11 is 0. The minimum absolute atomic E-state index is 0.470. The number of hydrogen-bond acceptors (Lipinski definition) is 1. The quantitative estimate of drug-likeness (QED) is 0.725. The Labute approximate surface area is 121 Å². The number of aryl methyl sites for hydroxylation is 1. The van der Waals surface area contributed by atoms with Crippen molar-refractivity contribution >= 4 is 0 Å². The molecule has 2 atom stereocenters. The van der Waals surface area contributed by atoms with E-state index in [-0.39, 0.29) is 0 Å². The predicted octanol–water partition coefficient (Wildman–Crippen LogP) is 4.63. The van der Waals surface area contributed by atoms with E-state index >= 15 is 0 Å². The van der Waals surface area contributed by atoms with E-state index in [1.54, 1.807) is 5.56 Å². The largest absolute Gasteiger partial charge is 0.285 e. The van der Waals surface area contributed by atoms with E-state index in [4.69, 9.17) is 0 Å². The molecule has 4 rings (SSSR count). The summed E-state index contributed by atoms with van der Waals surface area (Å²) in [5.41, 5.74) is 5.89. The van der Waals surface area contributed by atoms with Crippen LogP contribution in [0.15, 0.2) is 48.5 Å². The molecule has 102 valence electrons. The van der Waals surface area contributed by atoms with Gasteiger partial charge in [-0.2, -0.15) is 0 Å². The first-order valence-electron chi connectivity index (χ1n) is 7.76. The van der Waals surface area contributed by atoms with Crippen molar-refractivity contribution in [3.05, 3.63) is 70.8 Å². The van der Waals surface area contributed by atoms with Crippen LogP contribution in [0.2, 0.25) is 0 Å². The van der Waals surface area contributed by atoms with Gasteiger partial charge in [-0.05, 0) is 43.0 Å². The fourth-order valence-electron chi connectivity index (χ4n) is 3.96. The molecule has 0 unspecified atom stereocenters. The van der Waals surface area contributed by atoms with Crippen molar-refractivity contribution in [2.24, 2.45) is 0 Å². The van der Waals surface area contributed by atoms with Gasteiger partial charge in [0.25, 0.3) is 0 Å². The maximum absolute atomic E-state index is 2.72. The molecule has 1 nitrogen and oxygen atoms in total. The van der Waals surface area contributed by atoms with Gasteiger partial charge < -0.3 is 0 Å². The molecule has 0 bridgehead atoms. The zero-order valence-electron chi connectivity index (χ0n) is 12.0. The molecule has 2 aromatic carbocycles. The van der Waals surface area contributed by atoms with Crippen LogP contribution in [0, 0.1) is 6.92 Å². The molecule has 0 aliphatic carbocycles. The molecule has 1 heteroatoms. The standard InChI is InChI=1S/C19H21N/c1-14-9-11-15(12-10-14)19-17-7-3-2-6-16(17)18-8-4-5-13-20(18)19/h2-3,6-7,9-12,18-19H,4-5,8,13H2,1H3/t18-,19+/m1/s1. The van der Waals surface area contributed by atoms with Crippen molar-refractivity contribution < 1.29 is 0 Å². The lowest BCUT2D eigenvalue weighted by Gasteiger charge is -2.34. The predicted molar refractivity (Wildman–Crippen MR) is 82.8 cm³/mol. The van der Waals surface area contributed by atoms with Gasteiger partial charge in [-0.3, -0.25) is 4.90 Å². The maximum atomic E-state index is 2.72. The van der Waals surface area contributed by atoms with Crippen LogP contribution in [0.25, 0.3) is 0 Å². The van der Waals surface area contributed by atoms with Crippen LogP contribution < -0.4 is 0 Å². The molecule has 0 radical (unpaired) electrons. The number of nitrogens with zero attached hydrogens (tertiary/aromatic N) is 1. The Hall–Kier alpha value is -1.60. The van der Waals surface area contributed by atoms with Crippen LogP contribution in [0.5, 0.6) is 0 Å². The molecule has 1 saturated heterocycles. The SMILES string of the molecule is Cc1ccc([C@H]2c3ccccc3[C@H]3CCCCN23)cc1. The fraction of sp³-hybridized carbons (Fsp3) is 0.368. The van der Waals surface area contributed by atoms with E-state index in [9.17, 15) is 0 Å². The lowest BCUT2D eigenvalue weighted by Crippen LogP contribution is -2.31. The molecule has 0 saturated carbocycles.